The first-order chi connectivity index (χ1) is 10.3. The number of nitrogens with two attached hydrogens (primary N) is 1. The van der Waals surface area contributed by atoms with Crippen molar-refractivity contribution >= 4 is 5.69 Å². The van der Waals surface area contributed by atoms with Gasteiger partial charge in [-0.15, -0.1) is 0 Å². The minimum atomic E-state index is 0.546. The highest BCUT2D eigenvalue weighted by atomic mass is 16.3. The van der Waals surface area contributed by atoms with E-state index in [0.717, 1.165) is 29.8 Å². The van der Waals surface area contributed by atoms with E-state index in [1.165, 1.54) is 5.69 Å². The van der Waals surface area contributed by atoms with E-state index >= 15 is 0 Å². The highest BCUT2D eigenvalue weighted by molar-refractivity contribution is 5.64. The molecule has 0 amide bonds. The Hall–Kier alpha value is -2.56. The van der Waals surface area contributed by atoms with E-state index in [1.807, 2.05) is 28.9 Å². The summed E-state index contributed by atoms with van der Waals surface area (Å²) in [7, 11) is 0. The van der Waals surface area contributed by atoms with Crippen LogP contribution in [0.5, 0.6) is 0 Å². The third-order valence-corrected chi connectivity index (χ3v) is 3.32. The summed E-state index contributed by atoms with van der Waals surface area (Å²) in [5, 5.41) is 4.68. The monoisotopic (exact) mass is 282 g/mol. The van der Waals surface area contributed by atoms with Crippen molar-refractivity contribution < 1.29 is 4.42 Å². The van der Waals surface area contributed by atoms with Crippen LogP contribution in [-0.2, 0) is 13.0 Å². The highest BCUT2D eigenvalue weighted by Crippen LogP contribution is 2.22. The topological polar surface area (TPSA) is 69.9 Å². The summed E-state index contributed by atoms with van der Waals surface area (Å²) in [5.74, 6) is 0.662. The number of aromatic nitrogens is 3. The molecule has 3 aromatic rings. The van der Waals surface area contributed by atoms with Crippen LogP contribution in [0.25, 0.3) is 11.3 Å². The minimum absolute atomic E-state index is 0.546. The van der Waals surface area contributed by atoms with Crippen LogP contribution in [0.3, 0.4) is 0 Å². The van der Waals surface area contributed by atoms with Gasteiger partial charge in [-0.05, 0) is 24.6 Å². The van der Waals surface area contributed by atoms with Crippen molar-refractivity contribution in [2.24, 2.45) is 0 Å². The Bertz CT molecular complexity index is 716. The zero-order chi connectivity index (χ0) is 14.7. The van der Waals surface area contributed by atoms with Gasteiger partial charge in [0, 0.05) is 16.9 Å². The zero-order valence-corrected chi connectivity index (χ0v) is 12.0. The Morgan fingerprint density at radius 3 is 2.90 bits per heavy atom. The highest BCUT2D eigenvalue weighted by Gasteiger charge is 2.11. The number of nitrogens with zero attached hydrogens (tertiary/aromatic N) is 3. The third kappa shape index (κ3) is 2.97. The number of rotatable bonds is 5. The molecule has 0 radical (unpaired) electrons. The van der Waals surface area contributed by atoms with E-state index in [-0.39, 0.29) is 0 Å². The van der Waals surface area contributed by atoms with Crippen LogP contribution in [0, 0.1) is 0 Å². The molecule has 0 atom stereocenters. The van der Waals surface area contributed by atoms with Crippen LogP contribution < -0.4 is 5.73 Å². The maximum atomic E-state index is 5.85. The number of benzene rings is 1. The lowest BCUT2D eigenvalue weighted by molar-refractivity contribution is 0.459. The van der Waals surface area contributed by atoms with Crippen LogP contribution in [0.2, 0.25) is 0 Å². The molecule has 2 heterocycles. The molecule has 0 aliphatic heterocycles. The number of hydrogen-bond donors (Lipinski definition) is 1. The average Bonchev–Trinajstić information content (AvgIpc) is 3.11. The second-order valence-electron chi connectivity index (χ2n) is 4.98. The fourth-order valence-corrected chi connectivity index (χ4v) is 2.35. The molecule has 2 aromatic heterocycles. The zero-order valence-electron chi connectivity index (χ0n) is 12.0. The predicted molar refractivity (Wildman–Crippen MR) is 81.7 cm³/mol. The summed E-state index contributed by atoms with van der Waals surface area (Å²) in [6, 6.07) is 9.89. The normalized spacial score (nSPS) is 10.9. The lowest BCUT2D eigenvalue weighted by Gasteiger charge is -2.03. The van der Waals surface area contributed by atoms with Gasteiger partial charge < -0.3 is 10.2 Å². The second kappa shape index (κ2) is 5.83. The summed E-state index contributed by atoms with van der Waals surface area (Å²) in [5.41, 5.74) is 9.72. The van der Waals surface area contributed by atoms with Gasteiger partial charge in [-0.1, -0.05) is 25.5 Å². The minimum Gasteiger partial charge on any atom is -0.447 e. The van der Waals surface area contributed by atoms with Crippen LogP contribution >= 0.6 is 0 Å². The Kier molecular flexibility index (Phi) is 3.73. The van der Waals surface area contributed by atoms with Gasteiger partial charge in [-0.2, -0.15) is 5.10 Å². The SMILES string of the molecule is CCCc1cc(-c2cccc(N)c2)nn1Cc1ncco1. The molecule has 5 nitrogen and oxygen atoms in total. The van der Waals surface area contributed by atoms with Gasteiger partial charge in [0.1, 0.15) is 12.8 Å². The number of hydrogen-bond acceptors (Lipinski definition) is 4. The summed E-state index contributed by atoms with van der Waals surface area (Å²) in [6.45, 7) is 2.70. The average molecular weight is 282 g/mol. The van der Waals surface area contributed by atoms with E-state index < -0.39 is 0 Å². The standard InChI is InChI=1S/C16H18N4O/c1-2-4-14-10-15(12-5-3-6-13(17)9-12)19-20(14)11-16-18-7-8-21-16/h3,5-10H,2,4,11,17H2,1H3. The van der Waals surface area contributed by atoms with Crippen molar-refractivity contribution in [3.63, 3.8) is 0 Å². The number of aryl methyl sites for hydroxylation is 1. The van der Waals surface area contributed by atoms with Crippen LogP contribution in [0.1, 0.15) is 24.9 Å². The van der Waals surface area contributed by atoms with Crippen molar-refractivity contribution in [1.29, 1.82) is 0 Å². The molecule has 108 valence electrons. The number of anilines is 1. The summed E-state index contributed by atoms with van der Waals surface area (Å²) in [4.78, 5) is 4.16. The number of oxazole rings is 1. The molecule has 0 aliphatic carbocycles. The molecule has 0 aliphatic rings. The Balaban J connectivity index is 1.95. The molecule has 0 bridgehead atoms. The van der Waals surface area contributed by atoms with Crippen LogP contribution in [0.15, 0.2) is 47.2 Å². The third-order valence-electron chi connectivity index (χ3n) is 3.32. The molecule has 2 N–H and O–H groups in total. The Morgan fingerprint density at radius 2 is 2.19 bits per heavy atom. The van der Waals surface area contributed by atoms with Crippen molar-refractivity contribution in [3.05, 3.63) is 54.4 Å². The fraction of sp³-hybridized carbons (Fsp3) is 0.250. The smallest absolute Gasteiger partial charge is 0.215 e. The van der Waals surface area contributed by atoms with Crippen molar-refractivity contribution in [2.45, 2.75) is 26.3 Å². The Morgan fingerprint density at radius 1 is 1.29 bits per heavy atom. The van der Waals surface area contributed by atoms with E-state index in [4.69, 9.17) is 10.2 Å². The molecule has 3 rings (SSSR count). The first-order valence-corrected chi connectivity index (χ1v) is 7.07. The fourth-order valence-electron chi connectivity index (χ4n) is 2.35. The molecule has 0 saturated carbocycles. The van der Waals surface area contributed by atoms with Gasteiger partial charge in [0.25, 0.3) is 0 Å². The van der Waals surface area contributed by atoms with E-state index in [9.17, 15) is 0 Å². The Labute approximate surface area is 123 Å². The van der Waals surface area contributed by atoms with Crippen molar-refractivity contribution in [1.82, 2.24) is 14.8 Å². The molecule has 5 heteroatoms. The van der Waals surface area contributed by atoms with Crippen molar-refractivity contribution in [3.8, 4) is 11.3 Å². The molecule has 0 saturated heterocycles. The maximum absolute atomic E-state index is 5.85. The van der Waals surface area contributed by atoms with Gasteiger partial charge in [-0.25, -0.2) is 4.98 Å². The van der Waals surface area contributed by atoms with Crippen molar-refractivity contribution in [2.75, 3.05) is 5.73 Å². The second-order valence-corrected chi connectivity index (χ2v) is 4.98. The maximum Gasteiger partial charge on any atom is 0.215 e. The largest absolute Gasteiger partial charge is 0.447 e. The van der Waals surface area contributed by atoms with Gasteiger partial charge in [0.2, 0.25) is 5.89 Å². The molecular formula is C16H18N4O. The van der Waals surface area contributed by atoms with Gasteiger partial charge in [-0.3, -0.25) is 4.68 Å². The van der Waals surface area contributed by atoms with E-state index in [2.05, 4.69) is 23.1 Å². The molecule has 0 fully saturated rings. The molecule has 21 heavy (non-hydrogen) atoms. The molecule has 0 spiro atoms. The predicted octanol–water partition coefficient (Wildman–Crippen LogP) is 3.12. The van der Waals surface area contributed by atoms with E-state index in [1.54, 1.807) is 12.5 Å². The number of nitrogen functional groups attached to an aromatic ring is 1. The first-order valence-electron chi connectivity index (χ1n) is 7.07. The summed E-state index contributed by atoms with van der Waals surface area (Å²) >= 11 is 0. The summed E-state index contributed by atoms with van der Waals surface area (Å²) in [6.07, 6.45) is 5.26. The van der Waals surface area contributed by atoms with Gasteiger partial charge in [0.05, 0.1) is 11.9 Å². The molecular weight excluding hydrogens is 264 g/mol. The van der Waals surface area contributed by atoms with Gasteiger partial charge in [0.15, 0.2) is 0 Å². The van der Waals surface area contributed by atoms with Gasteiger partial charge >= 0.3 is 0 Å². The van der Waals surface area contributed by atoms with E-state index in [0.29, 0.717) is 12.4 Å². The molecule has 1 aromatic carbocycles. The summed E-state index contributed by atoms with van der Waals surface area (Å²) < 4.78 is 7.26. The lowest BCUT2D eigenvalue weighted by atomic mass is 10.1. The molecule has 0 unspecified atom stereocenters. The first kappa shape index (κ1) is 13.4. The van der Waals surface area contributed by atoms with Crippen LogP contribution in [0.4, 0.5) is 5.69 Å². The lowest BCUT2D eigenvalue weighted by Crippen LogP contribution is -2.06. The quantitative estimate of drug-likeness (QED) is 0.730. The van der Waals surface area contributed by atoms with Crippen LogP contribution in [-0.4, -0.2) is 14.8 Å².